The third kappa shape index (κ3) is 4.92. The molecular weight excluding hydrogens is 280 g/mol. The lowest BCUT2D eigenvalue weighted by Crippen LogP contribution is -2.13. The van der Waals surface area contributed by atoms with Crippen LogP contribution >= 0.6 is 11.3 Å². The van der Waals surface area contributed by atoms with Crippen molar-refractivity contribution in [3.05, 3.63) is 40.2 Å². The zero-order chi connectivity index (χ0) is 14.9. The summed E-state index contributed by atoms with van der Waals surface area (Å²) in [6.07, 6.45) is 3.17. The molecule has 21 heavy (non-hydrogen) atoms. The summed E-state index contributed by atoms with van der Waals surface area (Å²) in [5.74, 6) is 0. The van der Waals surface area contributed by atoms with E-state index >= 15 is 0 Å². The summed E-state index contributed by atoms with van der Waals surface area (Å²) in [6.45, 7) is 4.93. The van der Waals surface area contributed by atoms with E-state index in [0.717, 1.165) is 44.7 Å². The van der Waals surface area contributed by atoms with Crippen molar-refractivity contribution in [2.24, 2.45) is 0 Å². The number of aryl methyl sites for hydroxylation is 1. The molecule has 2 rings (SSSR count). The van der Waals surface area contributed by atoms with Gasteiger partial charge in [0, 0.05) is 37.1 Å². The third-order valence-electron chi connectivity index (χ3n) is 3.24. The molecule has 114 valence electrons. The van der Waals surface area contributed by atoms with E-state index in [1.165, 1.54) is 15.4 Å². The second kappa shape index (κ2) is 8.93. The quantitative estimate of drug-likeness (QED) is 0.714. The first-order valence-corrected chi connectivity index (χ1v) is 8.40. The largest absolute Gasteiger partial charge is 0.385 e. The Morgan fingerprint density at radius 1 is 1.24 bits per heavy atom. The van der Waals surface area contributed by atoms with Gasteiger partial charge in [0.2, 0.25) is 0 Å². The maximum absolute atomic E-state index is 5.13. The van der Waals surface area contributed by atoms with Gasteiger partial charge in [0.1, 0.15) is 0 Å². The Bertz CT molecular complexity index is 525. The van der Waals surface area contributed by atoms with Gasteiger partial charge in [0.05, 0.1) is 10.7 Å². The number of hydrogen-bond acceptors (Lipinski definition) is 4. The Morgan fingerprint density at radius 2 is 2.05 bits per heavy atom. The van der Waals surface area contributed by atoms with Crippen molar-refractivity contribution in [1.82, 2.24) is 10.3 Å². The fourth-order valence-electron chi connectivity index (χ4n) is 2.20. The van der Waals surface area contributed by atoms with Gasteiger partial charge >= 0.3 is 0 Å². The minimum Gasteiger partial charge on any atom is -0.385 e. The number of hydrogen-bond donors (Lipinski definition) is 1. The topological polar surface area (TPSA) is 34.1 Å². The van der Waals surface area contributed by atoms with Crippen LogP contribution < -0.4 is 5.32 Å². The molecule has 1 N–H and O–H groups in total. The number of nitrogens with one attached hydrogen (secondary N) is 1. The highest BCUT2D eigenvalue weighted by Crippen LogP contribution is 2.28. The fraction of sp³-hybridized carbons (Fsp3) is 0.471. The van der Waals surface area contributed by atoms with Crippen LogP contribution in [0.4, 0.5) is 0 Å². The van der Waals surface area contributed by atoms with Crippen LogP contribution in [0.1, 0.15) is 29.7 Å². The molecule has 0 saturated carbocycles. The van der Waals surface area contributed by atoms with Crippen molar-refractivity contribution in [3.63, 3.8) is 0 Å². The molecule has 0 bridgehead atoms. The number of ether oxygens (including phenoxy) is 1. The first kappa shape index (κ1) is 16.1. The van der Waals surface area contributed by atoms with Gasteiger partial charge in [-0.3, -0.25) is 0 Å². The number of thiazole rings is 1. The van der Waals surface area contributed by atoms with Crippen molar-refractivity contribution in [2.45, 2.75) is 32.7 Å². The van der Waals surface area contributed by atoms with Crippen LogP contribution in [0.15, 0.2) is 30.3 Å². The summed E-state index contributed by atoms with van der Waals surface area (Å²) in [7, 11) is 1.75. The SMILES string of the molecule is CCCNCc1sc(CCCOC)nc1-c1ccccc1. The standard InChI is InChI=1S/C17H24N2OS/c1-3-11-18-13-15-17(14-8-5-4-6-9-14)19-16(21-15)10-7-12-20-2/h4-6,8-9,18H,3,7,10-13H2,1-2H3. The molecule has 0 fully saturated rings. The van der Waals surface area contributed by atoms with Gasteiger partial charge in [0.15, 0.2) is 0 Å². The van der Waals surface area contributed by atoms with Crippen molar-refractivity contribution in [3.8, 4) is 11.3 Å². The summed E-state index contributed by atoms with van der Waals surface area (Å²) in [5.41, 5.74) is 2.34. The van der Waals surface area contributed by atoms with E-state index in [4.69, 9.17) is 9.72 Å². The molecule has 0 atom stereocenters. The second-order valence-electron chi connectivity index (χ2n) is 5.02. The Hall–Kier alpha value is -1.23. The highest BCUT2D eigenvalue weighted by molar-refractivity contribution is 7.12. The molecular formula is C17H24N2OS. The molecule has 2 aromatic rings. The van der Waals surface area contributed by atoms with Gasteiger partial charge in [-0.05, 0) is 19.4 Å². The lowest BCUT2D eigenvalue weighted by atomic mass is 10.1. The van der Waals surface area contributed by atoms with E-state index in [2.05, 4.69) is 36.5 Å². The third-order valence-corrected chi connectivity index (χ3v) is 4.36. The summed E-state index contributed by atoms with van der Waals surface area (Å²) >= 11 is 1.83. The number of rotatable bonds is 9. The summed E-state index contributed by atoms with van der Waals surface area (Å²) in [6, 6.07) is 10.5. The number of nitrogens with zero attached hydrogens (tertiary/aromatic N) is 1. The molecule has 0 saturated heterocycles. The minimum atomic E-state index is 0.795. The normalized spacial score (nSPS) is 11.0. The maximum atomic E-state index is 5.13. The highest BCUT2D eigenvalue weighted by atomic mass is 32.1. The van der Waals surface area contributed by atoms with Crippen molar-refractivity contribution >= 4 is 11.3 Å². The van der Waals surface area contributed by atoms with Crippen LogP contribution in [0.2, 0.25) is 0 Å². The van der Waals surface area contributed by atoms with E-state index in [1.54, 1.807) is 7.11 Å². The molecule has 3 nitrogen and oxygen atoms in total. The van der Waals surface area contributed by atoms with Crippen molar-refractivity contribution < 1.29 is 4.74 Å². The van der Waals surface area contributed by atoms with E-state index in [0.29, 0.717) is 0 Å². The lowest BCUT2D eigenvalue weighted by Gasteiger charge is -2.03. The predicted octanol–water partition coefficient (Wildman–Crippen LogP) is 3.89. The first-order chi connectivity index (χ1) is 10.3. The average Bonchev–Trinajstić information content (AvgIpc) is 2.92. The van der Waals surface area contributed by atoms with Crippen LogP contribution in [0.3, 0.4) is 0 Å². The fourth-order valence-corrected chi connectivity index (χ4v) is 3.30. The zero-order valence-corrected chi connectivity index (χ0v) is 13.7. The molecule has 1 aromatic heterocycles. The molecule has 0 unspecified atom stereocenters. The molecule has 1 aromatic carbocycles. The zero-order valence-electron chi connectivity index (χ0n) is 12.9. The number of benzene rings is 1. The summed E-state index contributed by atoms with van der Waals surface area (Å²) < 4.78 is 5.13. The first-order valence-electron chi connectivity index (χ1n) is 7.58. The Balaban J connectivity index is 2.15. The monoisotopic (exact) mass is 304 g/mol. The summed E-state index contributed by atoms with van der Waals surface area (Å²) in [4.78, 5) is 6.19. The van der Waals surface area contributed by atoms with Gasteiger partial charge in [-0.2, -0.15) is 0 Å². The second-order valence-corrected chi connectivity index (χ2v) is 6.19. The highest BCUT2D eigenvalue weighted by Gasteiger charge is 2.12. The predicted molar refractivity (Wildman–Crippen MR) is 89.7 cm³/mol. The van der Waals surface area contributed by atoms with Gasteiger partial charge in [-0.25, -0.2) is 4.98 Å². The summed E-state index contributed by atoms with van der Waals surface area (Å²) in [5, 5.41) is 4.70. The number of aromatic nitrogens is 1. The Morgan fingerprint density at radius 3 is 2.76 bits per heavy atom. The van der Waals surface area contributed by atoms with Gasteiger partial charge in [-0.15, -0.1) is 11.3 Å². The maximum Gasteiger partial charge on any atom is 0.0936 e. The minimum absolute atomic E-state index is 0.795. The van der Waals surface area contributed by atoms with Crippen LogP contribution in [0.5, 0.6) is 0 Å². The van der Waals surface area contributed by atoms with Gasteiger partial charge in [-0.1, -0.05) is 37.3 Å². The van der Waals surface area contributed by atoms with Crippen LogP contribution in [0, 0.1) is 0 Å². The molecule has 1 heterocycles. The Labute approximate surface area is 131 Å². The van der Waals surface area contributed by atoms with E-state index < -0.39 is 0 Å². The van der Waals surface area contributed by atoms with E-state index in [9.17, 15) is 0 Å². The van der Waals surface area contributed by atoms with Crippen LogP contribution in [-0.2, 0) is 17.7 Å². The van der Waals surface area contributed by atoms with E-state index in [1.807, 2.05) is 17.4 Å². The van der Waals surface area contributed by atoms with Crippen molar-refractivity contribution in [2.75, 3.05) is 20.3 Å². The smallest absolute Gasteiger partial charge is 0.0936 e. The lowest BCUT2D eigenvalue weighted by molar-refractivity contribution is 0.195. The average molecular weight is 304 g/mol. The van der Waals surface area contributed by atoms with Crippen LogP contribution in [0.25, 0.3) is 11.3 Å². The number of methoxy groups -OCH3 is 1. The van der Waals surface area contributed by atoms with Crippen molar-refractivity contribution in [1.29, 1.82) is 0 Å². The molecule has 0 aliphatic rings. The molecule has 0 aliphatic carbocycles. The molecule has 0 aliphatic heterocycles. The Kier molecular flexibility index (Phi) is 6.86. The van der Waals surface area contributed by atoms with E-state index in [-0.39, 0.29) is 0 Å². The molecule has 4 heteroatoms. The van der Waals surface area contributed by atoms with Crippen LogP contribution in [-0.4, -0.2) is 25.2 Å². The molecule has 0 amide bonds. The van der Waals surface area contributed by atoms with Gasteiger partial charge < -0.3 is 10.1 Å². The molecule has 0 radical (unpaired) electrons. The van der Waals surface area contributed by atoms with Gasteiger partial charge in [0.25, 0.3) is 0 Å². The molecule has 0 spiro atoms.